The van der Waals surface area contributed by atoms with Crippen LogP contribution in [0, 0.1) is 6.92 Å². The summed E-state index contributed by atoms with van der Waals surface area (Å²) in [7, 11) is 0. The summed E-state index contributed by atoms with van der Waals surface area (Å²) in [6.07, 6.45) is 1.14. The van der Waals surface area contributed by atoms with Gasteiger partial charge in [0.2, 0.25) is 5.13 Å². The molecule has 0 saturated heterocycles. The number of benzene rings is 1. The summed E-state index contributed by atoms with van der Waals surface area (Å²) in [6.45, 7) is 5.86. The lowest BCUT2D eigenvalue weighted by atomic mass is 10.2. The molecule has 0 spiro atoms. The minimum absolute atomic E-state index is 0.780. The van der Waals surface area contributed by atoms with Gasteiger partial charge >= 0.3 is 0 Å². The van der Waals surface area contributed by atoms with Crippen LogP contribution >= 0.6 is 11.5 Å². The molecular formula is C13H18N4S. The number of nitrogens with one attached hydrogen (secondary N) is 2. The molecule has 96 valence electrons. The van der Waals surface area contributed by atoms with Crippen LogP contribution in [0.15, 0.2) is 24.3 Å². The van der Waals surface area contributed by atoms with Crippen LogP contribution in [0.5, 0.6) is 0 Å². The number of nitrogens with zero attached hydrogens (tertiary/aromatic N) is 2. The normalized spacial score (nSPS) is 10.3. The lowest BCUT2D eigenvalue weighted by molar-refractivity contribution is 0.979. The number of aromatic nitrogens is 2. The number of anilines is 2. The van der Waals surface area contributed by atoms with Gasteiger partial charge in [-0.25, -0.2) is 4.98 Å². The summed E-state index contributed by atoms with van der Waals surface area (Å²) in [5.74, 6) is 0.821. The molecule has 0 bridgehead atoms. The van der Waals surface area contributed by atoms with Crippen LogP contribution in [0.4, 0.5) is 10.8 Å². The third kappa shape index (κ3) is 3.70. The Labute approximate surface area is 112 Å². The molecule has 0 aliphatic carbocycles. The minimum atomic E-state index is 0.780. The predicted molar refractivity (Wildman–Crippen MR) is 77.2 cm³/mol. The molecule has 2 N–H and O–H groups in total. The van der Waals surface area contributed by atoms with Crippen LogP contribution in [0.1, 0.15) is 24.7 Å². The van der Waals surface area contributed by atoms with Crippen LogP contribution in [-0.2, 0) is 6.54 Å². The summed E-state index contributed by atoms with van der Waals surface area (Å²) >= 11 is 1.40. The van der Waals surface area contributed by atoms with E-state index in [1.807, 2.05) is 6.92 Å². The quantitative estimate of drug-likeness (QED) is 0.839. The lowest BCUT2D eigenvalue weighted by Gasteiger charge is -2.06. The van der Waals surface area contributed by atoms with Crippen molar-refractivity contribution in [1.82, 2.24) is 9.36 Å². The molecule has 5 heteroatoms. The van der Waals surface area contributed by atoms with Gasteiger partial charge in [-0.3, -0.25) is 0 Å². The third-order valence-corrected chi connectivity index (χ3v) is 3.27. The highest BCUT2D eigenvalue weighted by atomic mass is 32.1. The maximum absolute atomic E-state index is 4.27. The van der Waals surface area contributed by atoms with Crippen LogP contribution in [0.3, 0.4) is 0 Å². The molecule has 4 nitrogen and oxygen atoms in total. The van der Waals surface area contributed by atoms with Gasteiger partial charge in [0.05, 0.1) is 0 Å². The van der Waals surface area contributed by atoms with Crippen LogP contribution in [0.2, 0.25) is 0 Å². The molecule has 1 heterocycles. The highest BCUT2D eigenvalue weighted by Crippen LogP contribution is 2.14. The zero-order chi connectivity index (χ0) is 12.8. The highest BCUT2D eigenvalue weighted by molar-refractivity contribution is 7.09. The number of hydrogen-bond acceptors (Lipinski definition) is 5. The number of rotatable bonds is 6. The molecule has 18 heavy (non-hydrogen) atoms. The highest BCUT2D eigenvalue weighted by Gasteiger charge is 1.99. The van der Waals surface area contributed by atoms with Crippen LogP contribution in [-0.4, -0.2) is 15.9 Å². The maximum Gasteiger partial charge on any atom is 0.202 e. The topological polar surface area (TPSA) is 49.8 Å². The van der Waals surface area contributed by atoms with Crippen molar-refractivity contribution in [1.29, 1.82) is 0 Å². The van der Waals surface area contributed by atoms with Gasteiger partial charge in [0.1, 0.15) is 5.82 Å². The Hall–Kier alpha value is -1.62. The first kappa shape index (κ1) is 12.8. The summed E-state index contributed by atoms with van der Waals surface area (Å²) in [4.78, 5) is 4.27. The van der Waals surface area contributed by atoms with E-state index in [9.17, 15) is 0 Å². The Morgan fingerprint density at radius 3 is 2.56 bits per heavy atom. The smallest absolute Gasteiger partial charge is 0.202 e. The fourth-order valence-corrected chi connectivity index (χ4v) is 2.13. The summed E-state index contributed by atoms with van der Waals surface area (Å²) < 4.78 is 4.13. The molecule has 1 aromatic heterocycles. The Balaban J connectivity index is 1.86. The largest absolute Gasteiger partial charge is 0.385 e. The van der Waals surface area contributed by atoms with E-state index in [2.05, 4.69) is 51.2 Å². The van der Waals surface area contributed by atoms with Crippen molar-refractivity contribution in [3.63, 3.8) is 0 Å². The zero-order valence-electron chi connectivity index (χ0n) is 10.7. The minimum Gasteiger partial charge on any atom is -0.385 e. The first-order chi connectivity index (χ1) is 8.78. The van der Waals surface area contributed by atoms with Crippen LogP contribution in [0.25, 0.3) is 0 Å². The third-order valence-electron chi connectivity index (χ3n) is 2.50. The van der Waals surface area contributed by atoms with E-state index >= 15 is 0 Å². The second kappa shape index (κ2) is 6.35. The second-order valence-electron chi connectivity index (χ2n) is 4.12. The van der Waals surface area contributed by atoms with Crippen LogP contribution < -0.4 is 10.6 Å². The fraction of sp³-hybridized carbons (Fsp3) is 0.385. The SMILES string of the molecule is CCCNc1ccc(CNc2nc(C)ns2)cc1. The Kier molecular flexibility index (Phi) is 4.52. The van der Waals surface area contributed by atoms with E-state index in [0.717, 1.165) is 30.5 Å². The molecule has 0 atom stereocenters. The summed E-state index contributed by atoms with van der Waals surface area (Å²) in [5.41, 5.74) is 2.41. The molecule has 2 aromatic rings. The standard InChI is InChI=1S/C13H18N4S/c1-3-8-14-12-6-4-11(5-7-12)9-15-13-16-10(2)17-18-13/h4-7,14H,3,8-9H2,1-2H3,(H,15,16,17). The molecule has 0 saturated carbocycles. The van der Waals surface area contributed by atoms with E-state index in [1.54, 1.807) is 0 Å². The van der Waals surface area contributed by atoms with E-state index in [4.69, 9.17) is 0 Å². The van der Waals surface area contributed by atoms with Crippen molar-refractivity contribution >= 4 is 22.4 Å². The monoisotopic (exact) mass is 262 g/mol. The molecule has 2 rings (SSSR count). The Morgan fingerprint density at radius 1 is 1.17 bits per heavy atom. The molecule has 0 amide bonds. The average Bonchev–Trinajstić information content (AvgIpc) is 2.81. The molecular weight excluding hydrogens is 244 g/mol. The molecule has 1 aromatic carbocycles. The van der Waals surface area contributed by atoms with Gasteiger partial charge in [-0.1, -0.05) is 19.1 Å². The van der Waals surface area contributed by atoms with Crippen molar-refractivity contribution in [2.24, 2.45) is 0 Å². The average molecular weight is 262 g/mol. The summed E-state index contributed by atoms with van der Waals surface area (Å²) in [6, 6.07) is 8.47. The first-order valence-corrected chi connectivity index (χ1v) is 6.92. The molecule has 0 aliphatic heterocycles. The molecule has 0 fully saturated rings. The van der Waals surface area contributed by atoms with Gasteiger partial charge in [0, 0.05) is 30.3 Å². The fourth-order valence-electron chi connectivity index (χ4n) is 1.56. The van der Waals surface area contributed by atoms with Crippen molar-refractivity contribution in [2.75, 3.05) is 17.2 Å². The van der Waals surface area contributed by atoms with E-state index in [-0.39, 0.29) is 0 Å². The van der Waals surface area contributed by atoms with Gasteiger partial charge < -0.3 is 10.6 Å². The molecule has 0 aliphatic rings. The Morgan fingerprint density at radius 2 is 1.94 bits per heavy atom. The first-order valence-electron chi connectivity index (χ1n) is 6.15. The second-order valence-corrected chi connectivity index (χ2v) is 4.88. The number of hydrogen-bond donors (Lipinski definition) is 2. The van der Waals surface area contributed by atoms with Crippen molar-refractivity contribution in [3.8, 4) is 0 Å². The maximum atomic E-state index is 4.27. The Bertz CT molecular complexity index is 478. The van der Waals surface area contributed by atoms with E-state index in [1.165, 1.54) is 22.8 Å². The van der Waals surface area contributed by atoms with E-state index < -0.39 is 0 Å². The summed E-state index contributed by atoms with van der Waals surface area (Å²) in [5, 5.41) is 7.50. The van der Waals surface area contributed by atoms with Gasteiger partial charge in [-0.15, -0.1) is 0 Å². The zero-order valence-corrected chi connectivity index (χ0v) is 11.5. The predicted octanol–water partition coefficient (Wildman–Crippen LogP) is 3.28. The lowest BCUT2D eigenvalue weighted by Crippen LogP contribution is -2.01. The van der Waals surface area contributed by atoms with Gasteiger partial charge in [0.15, 0.2) is 0 Å². The van der Waals surface area contributed by atoms with Crippen molar-refractivity contribution in [2.45, 2.75) is 26.8 Å². The number of aryl methyl sites for hydroxylation is 1. The molecule has 0 radical (unpaired) electrons. The molecule has 0 unspecified atom stereocenters. The van der Waals surface area contributed by atoms with Gasteiger partial charge in [-0.2, -0.15) is 4.37 Å². The van der Waals surface area contributed by atoms with E-state index in [0.29, 0.717) is 0 Å². The van der Waals surface area contributed by atoms with Gasteiger partial charge in [0.25, 0.3) is 0 Å². The van der Waals surface area contributed by atoms with Crippen molar-refractivity contribution in [3.05, 3.63) is 35.7 Å². The van der Waals surface area contributed by atoms with Crippen molar-refractivity contribution < 1.29 is 0 Å². The van der Waals surface area contributed by atoms with Gasteiger partial charge in [-0.05, 0) is 31.0 Å².